The highest BCUT2D eigenvalue weighted by atomic mass is 19.1. The lowest BCUT2D eigenvalue weighted by atomic mass is 10.0. The number of halogens is 1. The minimum atomic E-state index is -0.488. The summed E-state index contributed by atoms with van der Waals surface area (Å²) >= 11 is 0. The van der Waals surface area contributed by atoms with Gasteiger partial charge in [-0.25, -0.2) is 4.39 Å². The number of morpholine rings is 1. The summed E-state index contributed by atoms with van der Waals surface area (Å²) in [5.41, 5.74) is 2.56. The quantitative estimate of drug-likeness (QED) is 0.697. The van der Waals surface area contributed by atoms with E-state index in [0.29, 0.717) is 47.9 Å². The minimum absolute atomic E-state index is 0.102. The van der Waals surface area contributed by atoms with Crippen molar-refractivity contribution in [3.8, 4) is 11.3 Å². The van der Waals surface area contributed by atoms with Crippen LogP contribution in [0.3, 0.4) is 0 Å². The van der Waals surface area contributed by atoms with E-state index in [2.05, 4.69) is 15.1 Å². The minimum Gasteiger partial charge on any atom is -0.368 e. The molecule has 4 rings (SSSR count). The first-order chi connectivity index (χ1) is 13.5. The zero-order valence-corrected chi connectivity index (χ0v) is 15.7. The van der Waals surface area contributed by atoms with Crippen LogP contribution < -0.4 is 0 Å². The van der Waals surface area contributed by atoms with Gasteiger partial charge in [0.1, 0.15) is 11.9 Å². The third kappa shape index (κ3) is 3.38. The molecule has 0 radical (unpaired) electrons. The zero-order valence-electron chi connectivity index (χ0n) is 15.7. The Bertz CT molecular complexity index is 1020. The molecule has 28 heavy (non-hydrogen) atoms. The highest BCUT2D eigenvalue weighted by Crippen LogP contribution is 2.30. The van der Waals surface area contributed by atoms with Gasteiger partial charge in [0.05, 0.1) is 35.8 Å². The first-order valence-corrected chi connectivity index (χ1v) is 9.01. The second-order valence-corrected chi connectivity index (χ2v) is 6.68. The monoisotopic (exact) mass is 381 g/mol. The van der Waals surface area contributed by atoms with Crippen LogP contribution in [0.25, 0.3) is 11.3 Å². The van der Waals surface area contributed by atoms with E-state index < -0.39 is 6.10 Å². The summed E-state index contributed by atoms with van der Waals surface area (Å²) in [6.07, 6.45) is 4.30. The van der Waals surface area contributed by atoms with Crippen LogP contribution in [0.4, 0.5) is 4.39 Å². The number of aryl methyl sites for hydroxylation is 2. The SMILES string of the molecule is Cc1nn(C)cc1C(=O)N1CCO[C@H](c2nccnc2-c2ccccc2F)C1. The van der Waals surface area contributed by atoms with Gasteiger partial charge in [0.2, 0.25) is 0 Å². The van der Waals surface area contributed by atoms with E-state index in [1.165, 1.54) is 12.3 Å². The molecule has 0 aliphatic carbocycles. The number of nitrogens with zero attached hydrogens (tertiary/aromatic N) is 5. The first-order valence-electron chi connectivity index (χ1n) is 9.01. The fourth-order valence-corrected chi connectivity index (χ4v) is 3.42. The fourth-order valence-electron chi connectivity index (χ4n) is 3.42. The summed E-state index contributed by atoms with van der Waals surface area (Å²) in [5, 5.41) is 4.24. The number of ether oxygens (including phenoxy) is 1. The third-order valence-corrected chi connectivity index (χ3v) is 4.76. The molecule has 1 amide bonds. The van der Waals surface area contributed by atoms with Gasteiger partial charge in [-0.3, -0.25) is 19.4 Å². The molecule has 1 aromatic carbocycles. The van der Waals surface area contributed by atoms with Crippen molar-refractivity contribution in [2.24, 2.45) is 7.05 Å². The molecule has 0 unspecified atom stereocenters. The Morgan fingerprint density at radius 1 is 1.25 bits per heavy atom. The van der Waals surface area contributed by atoms with E-state index in [4.69, 9.17) is 4.74 Å². The van der Waals surface area contributed by atoms with Gasteiger partial charge in [0.25, 0.3) is 5.91 Å². The molecule has 1 atom stereocenters. The maximum absolute atomic E-state index is 14.3. The fraction of sp³-hybridized carbons (Fsp3) is 0.300. The molecular formula is C20H20FN5O2. The van der Waals surface area contributed by atoms with E-state index in [1.54, 1.807) is 47.2 Å². The van der Waals surface area contributed by atoms with Crippen molar-refractivity contribution in [3.63, 3.8) is 0 Å². The van der Waals surface area contributed by atoms with Gasteiger partial charge in [-0.15, -0.1) is 0 Å². The Kier molecular flexibility index (Phi) is 4.87. The van der Waals surface area contributed by atoms with Crippen molar-refractivity contribution in [1.29, 1.82) is 0 Å². The number of rotatable bonds is 3. The standard InChI is InChI=1S/C20H20FN5O2/c1-13-15(11-25(2)24-13)20(27)26-9-10-28-17(12-26)19-18(22-7-8-23-19)14-5-3-4-6-16(14)21/h3-8,11,17H,9-10,12H2,1-2H3/t17-/m0/s1. The number of carbonyl (C=O) groups excluding carboxylic acids is 1. The number of hydrogen-bond donors (Lipinski definition) is 0. The van der Waals surface area contributed by atoms with E-state index >= 15 is 0 Å². The summed E-state index contributed by atoms with van der Waals surface area (Å²) in [7, 11) is 1.78. The summed E-state index contributed by atoms with van der Waals surface area (Å²) in [6, 6.07) is 6.42. The molecule has 1 saturated heterocycles. The van der Waals surface area contributed by atoms with Crippen LogP contribution in [-0.2, 0) is 11.8 Å². The molecule has 3 aromatic rings. The Balaban J connectivity index is 1.63. The molecule has 8 heteroatoms. The lowest BCUT2D eigenvalue weighted by molar-refractivity contribution is -0.0246. The van der Waals surface area contributed by atoms with Crippen molar-refractivity contribution in [2.45, 2.75) is 13.0 Å². The van der Waals surface area contributed by atoms with E-state index in [-0.39, 0.29) is 11.7 Å². The number of aromatic nitrogens is 4. The maximum Gasteiger partial charge on any atom is 0.257 e. The van der Waals surface area contributed by atoms with Gasteiger partial charge in [0, 0.05) is 37.7 Å². The number of hydrogen-bond acceptors (Lipinski definition) is 5. The Labute approximate surface area is 161 Å². The van der Waals surface area contributed by atoms with E-state index in [0.717, 1.165) is 0 Å². The second-order valence-electron chi connectivity index (χ2n) is 6.68. The van der Waals surface area contributed by atoms with Crippen LogP contribution >= 0.6 is 0 Å². The van der Waals surface area contributed by atoms with Crippen LogP contribution in [0.15, 0.2) is 42.9 Å². The molecule has 1 aliphatic heterocycles. The second kappa shape index (κ2) is 7.47. The molecule has 2 aromatic heterocycles. The van der Waals surface area contributed by atoms with E-state index in [1.807, 2.05) is 6.92 Å². The first kappa shape index (κ1) is 18.2. The molecule has 0 saturated carbocycles. The van der Waals surface area contributed by atoms with Crippen molar-refractivity contribution in [3.05, 3.63) is 65.6 Å². The highest BCUT2D eigenvalue weighted by Gasteiger charge is 2.30. The maximum atomic E-state index is 14.3. The molecule has 1 aliphatic rings. The molecule has 0 spiro atoms. The summed E-state index contributed by atoms with van der Waals surface area (Å²) in [4.78, 5) is 23.4. The summed E-state index contributed by atoms with van der Waals surface area (Å²) < 4.78 is 21.8. The normalized spacial score (nSPS) is 17.0. The van der Waals surface area contributed by atoms with Gasteiger partial charge in [-0.2, -0.15) is 5.10 Å². The van der Waals surface area contributed by atoms with Crippen molar-refractivity contribution in [1.82, 2.24) is 24.6 Å². The molecule has 144 valence electrons. The highest BCUT2D eigenvalue weighted by molar-refractivity contribution is 5.95. The largest absolute Gasteiger partial charge is 0.368 e. The molecule has 0 bridgehead atoms. The molecule has 1 fully saturated rings. The molecule has 7 nitrogen and oxygen atoms in total. The number of amides is 1. The summed E-state index contributed by atoms with van der Waals surface area (Å²) in [6.45, 7) is 2.96. The van der Waals surface area contributed by atoms with Gasteiger partial charge in [0.15, 0.2) is 0 Å². The third-order valence-electron chi connectivity index (χ3n) is 4.76. The zero-order chi connectivity index (χ0) is 19.7. The van der Waals surface area contributed by atoms with Gasteiger partial charge < -0.3 is 9.64 Å². The number of benzene rings is 1. The Morgan fingerprint density at radius 3 is 2.79 bits per heavy atom. The van der Waals surface area contributed by atoms with Gasteiger partial charge in [-0.05, 0) is 19.1 Å². The van der Waals surface area contributed by atoms with Gasteiger partial charge >= 0.3 is 0 Å². The van der Waals surface area contributed by atoms with E-state index in [9.17, 15) is 9.18 Å². The summed E-state index contributed by atoms with van der Waals surface area (Å²) in [5.74, 6) is -0.478. The lowest BCUT2D eigenvalue weighted by Gasteiger charge is -2.33. The predicted octanol–water partition coefficient (Wildman–Crippen LogP) is 2.54. The Morgan fingerprint density at radius 2 is 2.04 bits per heavy atom. The molecule has 0 N–H and O–H groups in total. The lowest BCUT2D eigenvalue weighted by Crippen LogP contribution is -2.42. The molecular weight excluding hydrogens is 361 g/mol. The van der Waals surface area contributed by atoms with Crippen molar-refractivity contribution < 1.29 is 13.9 Å². The van der Waals surface area contributed by atoms with Crippen LogP contribution in [-0.4, -0.2) is 50.3 Å². The van der Waals surface area contributed by atoms with Crippen molar-refractivity contribution in [2.75, 3.05) is 19.7 Å². The van der Waals surface area contributed by atoms with Crippen LogP contribution in [0.2, 0.25) is 0 Å². The predicted molar refractivity (Wildman–Crippen MR) is 100.0 cm³/mol. The average Bonchev–Trinajstić information content (AvgIpc) is 3.06. The van der Waals surface area contributed by atoms with Crippen LogP contribution in [0.1, 0.15) is 27.8 Å². The average molecular weight is 381 g/mol. The molecule has 3 heterocycles. The smallest absolute Gasteiger partial charge is 0.257 e. The van der Waals surface area contributed by atoms with Crippen molar-refractivity contribution >= 4 is 5.91 Å². The Hall–Kier alpha value is -3.13. The topological polar surface area (TPSA) is 73.1 Å². The van der Waals surface area contributed by atoms with Crippen LogP contribution in [0, 0.1) is 12.7 Å². The van der Waals surface area contributed by atoms with Crippen LogP contribution in [0.5, 0.6) is 0 Å². The number of carbonyl (C=O) groups is 1. The van der Waals surface area contributed by atoms with Gasteiger partial charge in [-0.1, -0.05) is 12.1 Å².